The van der Waals surface area contributed by atoms with E-state index in [0.717, 1.165) is 22.7 Å². The van der Waals surface area contributed by atoms with Crippen LogP contribution in [0.5, 0.6) is 0 Å². The normalized spacial score (nSPS) is 11.3. The second-order valence-corrected chi connectivity index (χ2v) is 4.71. The predicted octanol–water partition coefficient (Wildman–Crippen LogP) is 2.04. The van der Waals surface area contributed by atoms with Crippen LogP contribution in [0.1, 0.15) is 22.7 Å². The molecule has 0 saturated carbocycles. The topological polar surface area (TPSA) is 83.9 Å². The molecule has 108 valence electrons. The Labute approximate surface area is 122 Å². The molecule has 0 spiro atoms. The van der Waals surface area contributed by atoms with E-state index in [4.69, 9.17) is 9.78 Å². The van der Waals surface area contributed by atoms with Crippen molar-refractivity contribution in [3.05, 3.63) is 40.4 Å². The van der Waals surface area contributed by atoms with Crippen molar-refractivity contribution in [1.82, 2.24) is 15.0 Å². The summed E-state index contributed by atoms with van der Waals surface area (Å²) in [7, 11) is 1.50. The van der Waals surface area contributed by atoms with Gasteiger partial charge in [0.15, 0.2) is 5.82 Å². The van der Waals surface area contributed by atoms with Crippen LogP contribution in [0.2, 0.25) is 0 Å². The SMILES string of the molecule is CNC(=O)/C(C#N)=C/c1cc(C)n(-c2cc(C)on2)c1C. The first-order chi connectivity index (χ1) is 9.97. The molecule has 1 N–H and O–H groups in total. The quantitative estimate of drug-likeness (QED) is 0.690. The minimum absolute atomic E-state index is 0.0640. The molecule has 0 atom stereocenters. The molecule has 0 aromatic carbocycles. The fraction of sp³-hybridized carbons (Fsp3) is 0.267. The van der Waals surface area contributed by atoms with Gasteiger partial charge in [-0.15, -0.1) is 0 Å². The Morgan fingerprint density at radius 1 is 1.43 bits per heavy atom. The summed E-state index contributed by atoms with van der Waals surface area (Å²) >= 11 is 0. The highest BCUT2D eigenvalue weighted by Crippen LogP contribution is 2.22. The number of likely N-dealkylation sites (N-methyl/N-ethyl adjacent to an activating group) is 1. The van der Waals surface area contributed by atoms with Gasteiger partial charge in [0, 0.05) is 24.5 Å². The van der Waals surface area contributed by atoms with Crippen LogP contribution in [0.25, 0.3) is 11.9 Å². The fourth-order valence-corrected chi connectivity index (χ4v) is 2.18. The van der Waals surface area contributed by atoms with Crippen molar-refractivity contribution in [2.24, 2.45) is 0 Å². The van der Waals surface area contributed by atoms with Gasteiger partial charge in [-0.2, -0.15) is 5.26 Å². The molecule has 0 unspecified atom stereocenters. The van der Waals surface area contributed by atoms with Crippen LogP contribution in [-0.2, 0) is 4.79 Å². The van der Waals surface area contributed by atoms with E-state index >= 15 is 0 Å². The second kappa shape index (κ2) is 5.67. The lowest BCUT2D eigenvalue weighted by atomic mass is 10.1. The van der Waals surface area contributed by atoms with Crippen LogP contribution in [-0.4, -0.2) is 22.7 Å². The molecule has 6 heteroatoms. The Bertz CT molecular complexity index is 759. The number of hydrogen-bond donors (Lipinski definition) is 1. The predicted molar refractivity (Wildman–Crippen MR) is 77.7 cm³/mol. The maximum absolute atomic E-state index is 11.6. The van der Waals surface area contributed by atoms with E-state index in [9.17, 15) is 4.79 Å². The Balaban J connectivity index is 2.52. The number of aryl methyl sites for hydroxylation is 2. The van der Waals surface area contributed by atoms with Gasteiger partial charge in [-0.3, -0.25) is 9.36 Å². The lowest BCUT2D eigenvalue weighted by Gasteiger charge is -2.04. The number of hydrogen-bond acceptors (Lipinski definition) is 4. The number of rotatable bonds is 3. The first-order valence-corrected chi connectivity index (χ1v) is 6.44. The number of carbonyl (C=O) groups is 1. The van der Waals surface area contributed by atoms with E-state index in [1.54, 1.807) is 6.08 Å². The highest BCUT2D eigenvalue weighted by Gasteiger charge is 2.14. The molecule has 2 heterocycles. The van der Waals surface area contributed by atoms with Crippen molar-refractivity contribution in [2.75, 3.05) is 7.05 Å². The van der Waals surface area contributed by atoms with Crippen molar-refractivity contribution in [2.45, 2.75) is 20.8 Å². The van der Waals surface area contributed by atoms with E-state index in [1.807, 2.05) is 43.5 Å². The number of nitrogens with zero attached hydrogens (tertiary/aromatic N) is 3. The second-order valence-electron chi connectivity index (χ2n) is 4.71. The summed E-state index contributed by atoms with van der Waals surface area (Å²) in [6.07, 6.45) is 1.57. The third-order valence-electron chi connectivity index (χ3n) is 3.21. The van der Waals surface area contributed by atoms with E-state index in [-0.39, 0.29) is 5.57 Å². The summed E-state index contributed by atoms with van der Waals surface area (Å²) in [5.74, 6) is 0.998. The van der Waals surface area contributed by atoms with Crippen molar-refractivity contribution >= 4 is 12.0 Å². The summed E-state index contributed by atoms with van der Waals surface area (Å²) in [4.78, 5) is 11.6. The minimum Gasteiger partial charge on any atom is -0.360 e. The zero-order valence-corrected chi connectivity index (χ0v) is 12.4. The monoisotopic (exact) mass is 284 g/mol. The highest BCUT2D eigenvalue weighted by atomic mass is 16.5. The first-order valence-electron chi connectivity index (χ1n) is 6.44. The molecule has 0 bridgehead atoms. The molecular weight excluding hydrogens is 268 g/mol. The third-order valence-corrected chi connectivity index (χ3v) is 3.21. The summed E-state index contributed by atoms with van der Waals surface area (Å²) in [5.41, 5.74) is 2.70. The van der Waals surface area contributed by atoms with Crippen LogP contribution < -0.4 is 5.32 Å². The molecule has 6 nitrogen and oxygen atoms in total. The molecule has 0 aliphatic rings. The van der Waals surface area contributed by atoms with E-state index in [1.165, 1.54) is 7.05 Å². The molecule has 0 aliphatic carbocycles. The largest absolute Gasteiger partial charge is 0.360 e. The number of nitrogens with one attached hydrogen (secondary N) is 1. The van der Waals surface area contributed by atoms with Crippen molar-refractivity contribution in [1.29, 1.82) is 5.26 Å². The molecule has 1 amide bonds. The smallest absolute Gasteiger partial charge is 0.261 e. The van der Waals surface area contributed by atoms with Gasteiger partial charge >= 0.3 is 0 Å². The lowest BCUT2D eigenvalue weighted by molar-refractivity contribution is -0.116. The Kier molecular flexibility index (Phi) is 3.94. The average molecular weight is 284 g/mol. The molecule has 21 heavy (non-hydrogen) atoms. The molecule has 2 aromatic rings. The Morgan fingerprint density at radius 3 is 2.67 bits per heavy atom. The van der Waals surface area contributed by atoms with Crippen molar-refractivity contribution < 1.29 is 9.32 Å². The molecule has 0 fully saturated rings. The molecular formula is C15H16N4O2. The standard InChI is InChI=1S/C15H16N4O2/c1-9-5-12(7-13(8-16)15(20)17-4)11(3)19(9)14-6-10(2)21-18-14/h5-7H,1-4H3,(H,17,20)/b13-7+. The van der Waals surface area contributed by atoms with E-state index in [2.05, 4.69) is 10.5 Å². The zero-order chi connectivity index (χ0) is 15.6. The van der Waals surface area contributed by atoms with Crippen LogP contribution in [0.15, 0.2) is 22.2 Å². The summed E-state index contributed by atoms with van der Waals surface area (Å²) < 4.78 is 7.01. The fourth-order valence-electron chi connectivity index (χ4n) is 2.18. The van der Waals surface area contributed by atoms with E-state index < -0.39 is 5.91 Å². The maximum Gasteiger partial charge on any atom is 0.261 e. The number of nitriles is 1. The third kappa shape index (κ3) is 2.72. The first kappa shape index (κ1) is 14.6. The highest BCUT2D eigenvalue weighted by molar-refractivity contribution is 6.01. The van der Waals surface area contributed by atoms with Crippen LogP contribution in [0.4, 0.5) is 0 Å². The maximum atomic E-state index is 11.6. The Morgan fingerprint density at radius 2 is 2.14 bits per heavy atom. The van der Waals surface area contributed by atoms with Gasteiger partial charge in [0.1, 0.15) is 17.4 Å². The summed E-state index contributed by atoms with van der Waals surface area (Å²) in [6.45, 7) is 5.66. The number of carbonyl (C=O) groups excluding carboxylic acids is 1. The Hall–Kier alpha value is -2.81. The van der Waals surface area contributed by atoms with Crippen LogP contribution in [0, 0.1) is 32.1 Å². The van der Waals surface area contributed by atoms with Crippen molar-refractivity contribution in [3.63, 3.8) is 0 Å². The minimum atomic E-state index is -0.403. The van der Waals surface area contributed by atoms with Crippen LogP contribution >= 0.6 is 0 Å². The van der Waals surface area contributed by atoms with Crippen molar-refractivity contribution in [3.8, 4) is 11.9 Å². The van der Waals surface area contributed by atoms with E-state index in [0.29, 0.717) is 5.82 Å². The van der Waals surface area contributed by atoms with Gasteiger partial charge in [-0.05, 0) is 38.5 Å². The van der Waals surface area contributed by atoms with Gasteiger partial charge in [0.25, 0.3) is 5.91 Å². The molecule has 2 rings (SSSR count). The van der Waals surface area contributed by atoms with Crippen LogP contribution in [0.3, 0.4) is 0 Å². The molecule has 0 saturated heterocycles. The van der Waals surface area contributed by atoms with Gasteiger partial charge in [0.2, 0.25) is 0 Å². The molecule has 0 radical (unpaired) electrons. The van der Waals surface area contributed by atoms with Gasteiger partial charge < -0.3 is 9.84 Å². The van der Waals surface area contributed by atoms with Gasteiger partial charge in [-0.1, -0.05) is 5.16 Å². The van der Waals surface area contributed by atoms with Gasteiger partial charge in [-0.25, -0.2) is 0 Å². The van der Waals surface area contributed by atoms with Gasteiger partial charge in [0.05, 0.1) is 0 Å². The number of amides is 1. The zero-order valence-electron chi connectivity index (χ0n) is 12.4. The summed E-state index contributed by atoms with van der Waals surface area (Å²) in [5, 5.41) is 15.5. The molecule has 2 aromatic heterocycles. The lowest BCUT2D eigenvalue weighted by Crippen LogP contribution is -2.19. The number of aromatic nitrogens is 2. The summed E-state index contributed by atoms with van der Waals surface area (Å²) in [6, 6.07) is 5.64. The molecule has 0 aliphatic heterocycles. The average Bonchev–Trinajstić information content (AvgIpc) is 2.99.